The van der Waals surface area contributed by atoms with Crippen LogP contribution in [0.3, 0.4) is 0 Å². The number of sulfonamides is 1. The number of hydrogen-bond donors (Lipinski definition) is 2. The Labute approximate surface area is 189 Å². The number of halogens is 1. The molecule has 6 nitrogen and oxygen atoms in total. The summed E-state index contributed by atoms with van der Waals surface area (Å²) in [6, 6.07) is 11.9. The molecule has 1 atom stereocenters. The summed E-state index contributed by atoms with van der Waals surface area (Å²) < 4.78 is 25.4. The average Bonchev–Trinajstić information content (AvgIpc) is 3.21. The first-order valence-corrected chi connectivity index (χ1v) is 12.8. The molecular formula is C23H28ClN3O3S. The fraction of sp³-hybridized carbons (Fsp3) is 0.435. The zero-order valence-corrected chi connectivity index (χ0v) is 19.6. The van der Waals surface area contributed by atoms with Gasteiger partial charge >= 0.3 is 0 Å². The minimum atomic E-state index is -3.70. The average molecular weight is 462 g/mol. The Hall–Kier alpha value is -2.25. The fourth-order valence-corrected chi connectivity index (χ4v) is 5.32. The van der Waals surface area contributed by atoms with Crippen LogP contribution in [0.5, 0.6) is 0 Å². The highest BCUT2D eigenvalue weighted by molar-refractivity contribution is 7.89. The zero-order valence-electron chi connectivity index (χ0n) is 18.0. The van der Waals surface area contributed by atoms with Gasteiger partial charge in [0.2, 0.25) is 10.0 Å². The standard InChI is InChI=1S/C23H28ClN3O3S/c1-23(2)14-20(15-7-6-8-17(11-15)27-9-4-5-10-27)25-21-18(12-16(24)13-19(21)23)22(28)26-31(3,29)30/h6-8,11-13,20,25H,4-5,9-10,14H2,1-3H3,(H,26,28). The largest absolute Gasteiger partial charge is 0.377 e. The summed E-state index contributed by atoms with van der Waals surface area (Å²) in [5.74, 6) is -0.684. The van der Waals surface area contributed by atoms with E-state index in [1.54, 1.807) is 0 Å². The molecule has 0 saturated carbocycles. The monoisotopic (exact) mass is 461 g/mol. The van der Waals surface area contributed by atoms with Gasteiger partial charge in [0.25, 0.3) is 5.91 Å². The van der Waals surface area contributed by atoms with E-state index in [4.69, 9.17) is 11.6 Å². The number of rotatable bonds is 4. The highest BCUT2D eigenvalue weighted by Gasteiger charge is 2.36. The van der Waals surface area contributed by atoms with Crippen molar-refractivity contribution in [2.24, 2.45) is 0 Å². The molecule has 2 aliphatic heterocycles. The number of carbonyl (C=O) groups excluding carboxylic acids is 1. The predicted molar refractivity (Wildman–Crippen MR) is 126 cm³/mol. The van der Waals surface area contributed by atoms with E-state index in [1.165, 1.54) is 24.6 Å². The maximum atomic E-state index is 12.8. The van der Waals surface area contributed by atoms with Crippen molar-refractivity contribution in [3.63, 3.8) is 0 Å². The maximum absolute atomic E-state index is 12.8. The van der Waals surface area contributed by atoms with Gasteiger partial charge in [-0.3, -0.25) is 4.79 Å². The van der Waals surface area contributed by atoms with Gasteiger partial charge in [-0.2, -0.15) is 0 Å². The van der Waals surface area contributed by atoms with Crippen molar-refractivity contribution in [2.45, 2.75) is 44.6 Å². The molecule has 0 spiro atoms. The first kappa shape index (κ1) is 22.0. The van der Waals surface area contributed by atoms with E-state index < -0.39 is 15.9 Å². The first-order valence-electron chi connectivity index (χ1n) is 10.5. The van der Waals surface area contributed by atoms with Gasteiger partial charge in [0.1, 0.15) is 0 Å². The van der Waals surface area contributed by atoms with Gasteiger partial charge in [-0.05, 0) is 60.1 Å². The summed E-state index contributed by atoms with van der Waals surface area (Å²) in [4.78, 5) is 15.2. The SMILES string of the molecule is CC1(C)CC(c2cccc(N3CCCC3)c2)Nc2c(C(=O)NS(C)(=O)=O)cc(Cl)cc21. The molecule has 0 bridgehead atoms. The molecular weight excluding hydrogens is 434 g/mol. The van der Waals surface area contributed by atoms with Crippen LogP contribution in [0, 0.1) is 0 Å². The summed E-state index contributed by atoms with van der Waals surface area (Å²) in [6.45, 7) is 6.39. The first-order chi connectivity index (χ1) is 14.5. The van der Waals surface area contributed by atoms with Gasteiger partial charge in [0.15, 0.2) is 0 Å². The Morgan fingerprint density at radius 1 is 1.19 bits per heavy atom. The van der Waals surface area contributed by atoms with E-state index in [9.17, 15) is 13.2 Å². The molecule has 166 valence electrons. The van der Waals surface area contributed by atoms with Crippen LogP contribution in [0.25, 0.3) is 0 Å². The lowest BCUT2D eigenvalue weighted by Gasteiger charge is -2.40. The van der Waals surface area contributed by atoms with E-state index >= 15 is 0 Å². The van der Waals surface area contributed by atoms with Crippen molar-refractivity contribution < 1.29 is 13.2 Å². The third kappa shape index (κ3) is 4.67. The topological polar surface area (TPSA) is 78.5 Å². The Morgan fingerprint density at radius 3 is 2.58 bits per heavy atom. The number of nitrogens with zero attached hydrogens (tertiary/aromatic N) is 1. The van der Waals surface area contributed by atoms with E-state index in [2.05, 4.69) is 53.1 Å². The van der Waals surface area contributed by atoms with Crippen molar-refractivity contribution in [1.82, 2.24) is 4.72 Å². The predicted octanol–water partition coefficient (Wildman–Crippen LogP) is 4.46. The Balaban J connectivity index is 1.74. The highest BCUT2D eigenvalue weighted by Crippen LogP contribution is 2.46. The van der Waals surface area contributed by atoms with Crippen molar-refractivity contribution >= 4 is 38.9 Å². The molecule has 2 aliphatic rings. The lowest BCUT2D eigenvalue weighted by atomic mass is 9.73. The van der Waals surface area contributed by atoms with E-state index in [0.29, 0.717) is 10.7 Å². The third-order valence-electron chi connectivity index (χ3n) is 6.13. The molecule has 0 aromatic heterocycles. The van der Waals surface area contributed by atoms with Gasteiger partial charge in [-0.25, -0.2) is 13.1 Å². The number of carbonyl (C=O) groups is 1. The molecule has 1 saturated heterocycles. The van der Waals surface area contributed by atoms with Gasteiger partial charge in [-0.1, -0.05) is 37.6 Å². The summed E-state index contributed by atoms with van der Waals surface area (Å²) in [5.41, 5.74) is 3.88. The zero-order chi connectivity index (χ0) is 22.4. The quantitative estimate of drug-likeness (QED) is 0.702. The number of nitrogens with one attached hydrogen (secondary N) is 2. The molecule has 0 aliphatic carbocycles. The number of hydrogen-bond acceptors (Lipinski definition) is 5. The van der Waals surface area contributed by atoms with E-state index in [0.717, 1.165) is 36.9 Å². The number of amides is 1. The fourth-order valence-electron chi connectivity index (χ4n) is 4.66. The molecule has 1 amide bonds. The molecule has 0 radical (unpaired) electrons. The van der Waals surface area contributed by atoms with Crippen LogP contribution in [-0.4, -0.2) is 33.7 Å². The van der Waals surface area contributed by atoms with Crippen molar-refractivity contribution in [1.29, 1.82) is 0 Å². The second-order valence-corrected chi connectivity index (χ2v) is 11.3. The van der Waals surface area contributed by atoms with Gasteiger partial charge in [-0.15, -0.1) is 0 Å². The second kappa shape index (κ2) is 8.02. The summed E-state index contributed by atoms with van der Waals surface area (Å²) in [7, 11) is -3.70. The Morgan fingerprint density at radius 2 is 1.90 bits per heavy atom. The van der Waals surface area contributed by atoms with Crippen LogP contribution in [0.4, 0.5) is 11.4 Å². The molecule has 2 N–H and O–H groups in total. The van der Waals surface area contributed by atoms with Crippen LogP contribution in [0.15, 0.2) is 36.4 Å². The molecule has 1 unspecified atom stereocenters. The van der Waals surface area contributed by atoms with Crippen LogP contribution < -0.4 is 14.9 Å². The van der Waals surface area contributed by atoms with Gasteiger partial charge < -0.3 is 10.2 Å². The van der Waals surface area contributed by atoms with Crippen LogP contribution in [0.2, 0.25) is 5.02 Å². The number of anilines is 2. The van der Waals surface area contributed by atoms with Crippen molar-refractivity contribution in [3.8, 4) is 0 Å². The van der Waals surface area contributed by atoms with E-state index in [1.807, 2.05) is 6.07 Å². The minimum absolute atomic E-state index is 0.0176. The third-order valence-corrected chi connectivity index (χ3v) is 6.91. The lowest BCUT2D eigenvalue weighted by Crippen LogP contribution is -2.35. The Bertz CT molecular complexity index is 1120. The van der Waals surface area contributed by atoms with Crippen molar-refractivity contribution in [3.05, 3.63) is 58.1 Å². The smallest absolute Gasteiger partial charge is 0.266 e. The number of benzene rings is 2. The van der Waals surface area contributed by atoms with Gasteiger partial charge in [0, 0.05) is 23.8 Å². The minimum Gasteiger partial charge on any atom is -0.377 e. The molecule has 2 aromatic carbocycles. The van der Waals surface area contributed by atoms with Gasteiger partial charge in [0.05, 0.1) is 23.5 Å². The van der Waals surface area contributed by atoms with E-state index in [-0.39, 0.29) is 17.0 Å². The lowest BCUT2D eigenvalue weighted by molar-refractivity contribution is 0.0982. The molecule has 1 fully saturated rings. The molecule has 2 aromatic rings. The summed E-state index contributed by atoms with van der Waals surface area (Å²) in [5, 5.41) is 3.92. The molecule has 2 heterocycles. The Kier molecular flexibility index (Phi) is 5.68. The van der Waals surface area contributed by atoms with Crippen molar-refractivity contribution in [2.75, 3.05) is 29.6 Å². The molecule has 31 heavy (non-hydrogen) atoms. The van der Waals surface area contributed by atoms with Crippen LogP contribution >= 0.6 is 11.6 Å². The molecule has 4 rings (SSSR count). The summed E-state index contributed by atoms with van der Waals surface area (Å²) >= 11 is 6.31. The summed E-state index contributed by atoms with van der Waals surface area (Å²) in [6.07, 6.45) is 4.21. The number of fused-ring (bicyclic) bond motifs is 1. The molecule has 8 heteroatoms. The van der Waals surface area contributed by atoms with Crippen LogP contribution in [0.1, 0.15) is 60.6 Å². The van der Waals surface area contributed by atoms with Crippen LogP contribution in [-0.2, 0) is 15.4 Å². The normalized spacial score (nSPS) is 20.1. The second-order valence-electron chi connectivity index (χ2n) is 9.15. The highest BCUT2D eigenvalue weighted by atomic mass is 35.5. The maximum Gasteiger partial charge on any atom is 0.266 e.